The highest BCUT2D eigenvalue weighted by molar-refractivity contribution is 5.92. The van der Waals surface area contributed by atoms with E-state index in [1.807, 2.05) is 6.08 Å². The summed E-state index contributed by atoms with van der Waals surface area (Å²) in [6.07, 6.45) is 6.72. The van der Waals surface area contributed by atoms with Crippen LogP contribution in [0.15, 0.2) is 30.4 Å². The highest BCUT2D eigenvalue weighted by Gasteiger charge is 2.18. The molecule has 1 aliphatic rings. The molecular formula is C14H16FNO. The van der Waals surface area contributed by atoms with Crippen LogP contribution in [0.5, 0.6) is 0 Å². The molecule has 1 aromatic carbocycles. The first-order valence-electron chi connectivity index (χ1n) is 5.89. The molecule has 90 valence electrons. The standard InChI is InChI=1S/C14H16FNO/c1-10-7-8-12(9-13(10)15)16-14(17)11-5-3-2-4-6-11/h2-3,7-9,11H,4-6H2,1H3,(H,16,17). The molecule has 3 heteroatoms. The van der Waals surface area contributed by atoms with Gasteiger partial charge in [-0.1, -0.05) is 18.2 Å². The topological polar surface area (TPSA) is 29.1 Å². The molecule has 2 nitrogen and oxygen atoms in total. The molecule has 0 aromatic heterocycles. The van der Waals surface area contributed by atoms with Crippen LogP contribution >= 0.6 is 0 Å². The molecule has 2 rings (SSSR count). The maximum Gasteiger partial charge on any atom is 0.227 e. The predicted octanol–water partition coefficient (Wildman–Crippen LogP) is 3.43. The Balaban J connectivity index is 2.02. The molecule has 0 spiro atoms. The van der Waals surface area contributed by atoms with E-state index >= 15 is 0 Å². The normalized spacial score (nSPS) is 19.1. The smallest absolute Gasteiger partial charge is 0.227 e. The van der Waals surface area contributed by atoms with Gasteiger partial charge in [0.25, 0.3) is 0 Å². The van der Waals surface area contributed by atoms with E-state index in [1.54, 1.807) is 19.1 Å². The number of carbonyl (C=O) groups excluding carboxylic acids is 1. The summed E-state index contributed by atoms with van der Waals surface area (Å²) in [7, 11) is 0. The third kappa shape index (κ3) is 2.93. The second-order valence-electron chi connectivity index (χ2n) is 4.43. The summed E-state index contributed by atoms with van der Waals surface area (Å²) in [6, 6.07) is 4.77. The molecule has 0 fully saturated rings. The molecule has 1 aliphatic carbocycles. The van der Waals surface area contributed by atoms with Gasteiger partial charge in [0.1, 0.15) is 5.82 Å². The van der Waals surface area contributed by atoms with Crippen molar-refractivity contribution in [2.24, 2.45) is 5.92 Å². The van der Waals surface area contributed by atoms with Crippen LogP contribution < -0.4 is 5.32 Å². The van der Waals surface area contributed by atoms with Gasteiger partial charge in [0.15, 0.2) is 0 Å². The van der Waals surface area contributed by atoms with Crippen LogP contribution in [0.4, 0.5) is 10.1 Å². The lowest BCUT2D eigenvalue weighted by molar-refractivity contribution is -0.120. The van der Waals surface area contributed by atoms with Gasteiger partial charge in [-0.3, -0.25) is 4.79 Å². The summed E-state index contributed by atoms with van der Waals surface area (Å²) in [5.74, 6) is -0.284. The van der Waals surface area contributed by atoms with Crippen molar-refractivity contribution < 1.29 is 9.18 Å². The lowest BCUT2D eigenvalue weighted by atomic mass is 9.93. The third-order valence-corrected chi connectivity index (χ3v) is 3.08. The van der Waals surface area contributed by atoms with Crippen LogP contribution in [0.1, 0.15) is 24.8 Å². The van der Waals surface area contributed by atoms with Gasteiger partial charge in [0, 0.05) is 11.6 Å². The monoisotopic (exact) mass is 233 g/mol. The number of allylic oxidation sites excluding steroid dienone is 2. The molecule has 1 amide bonds. The fraction of sp³-hybridized carbons (Fsp3) is 0.357. The van der Waals surface area contributed by atoms with Gasteiger partial charge < -0.3 is 5.32 Å². The first-order valence-corrected chi connectivity index (χ1v) is 5.89. The van der Waals surface area contributed by atoms with Crippen molar-refractivity contribution in [2.75, 3.05) is 5.32 Å². The molecule has 1 unspecified atom stereocenters. The average molecular weight is 233 g/mol. The van der Waals surface area contributed by atoms with Crippen molar-refractivity contribution in [1.29, 1.82) is 0 Å². The summed E-state index contributed by atoms with van der Waals surface area (Å²) in [5.41, 5.74) is 1.12. The molecule has 0 heterocycles. The minimum atomic E-state index is -0.286. The Morgan fingerprint density at radius 2 is 2.24 bits per heavy atom. The van der Waals surface area contributed by atoms with Crippen molar-refractivity contribution >= 4 is 11.6 Å². The zero-order valence-electron chi connectivity index (χ0n) is 9.87. The van der Waals surface area contributed by atoms with Crippen LogP contribution in [0.25, 0.3) is 0 Å². The maximum atomic E-state index is 13.3. The van der Waals surface area contributed by atoms with E-state index in [2.05, 4.69) is 11.4 Å². The largest absolute Gasteiger partial charge is 0.326 e. The average Bonchev–Trinajstić information content (AvgIpc) is 2.35. The molecule has 0 radical (unpaired) electrons. The maximum absolute atomic E-state index is 13.3. The fourth-order valence-corrected chi connectivity index (χ4v) is 1.95. The second kappa shape index (κ2) is 5.13. The fourth-order valence-electron chi connectivity index (χ4n) is 1.95. The molecule has 0 saturated carbocycles. The highest BCUT2D eigenvalue weighted by Crippen LogP contribution is 2.21. The van der Waals surface area contributed by atoms with Crippen LogP contribution in [0.2, 0.25) is 0 Å². The molecule has 17 heavy (non-hydrogen) atoms. The van der Waals surface area contributed by atoms with Gasteiger partial charge >= 0.3 is 0 Å². The van der Waals surface area contributed by atoms with Crippen molar-refractivity contribution in [3.05, 3.63) is 41.7 Å². The lowest BCUT2D eigenvalue weighted by Crippen LogP contribution is -2.23. The molecule has 0 bridgehead atoms. The number of rotatable bonds is 2. The molecular weight excluding hydrogens is 217 g/mol. The molecule has 1 N–H and O–H groups in total. The summed E-state index contributed by atoms with van der Waals surface area (Å²) < 4.78 is 13.3. The zero-order valence-corrected chi connectivity index (χ0v) is 9.87. The Morgan fingerprint density at radius 3 is 2.88 bits per heavy atom. The number of halogens is 1. The quantitative estimate of drug-likeness (QED) is 0.779. The number of anilines is 1. The molecule has 0 aliphatic heterocycles. The van der Waals surface area contributed by atoms with Gasteiger partial charge in [0.05, 0.1) is 0 Å². The summed E-state index contributed by atoms with van der Waals surface area (Å²) in [5, 5.41) is 2.77. The number of aryl methyl sites for hydroxylation is 1. The minimum absolute atomic E-state index is 0.0161. The Labute approximate surface area is 101 Å². The van der Waals surface area contributed by atoms with E-state index in [0.29, 0.717) is 11.3 Å². The number of carbonyl (C=O) groups is 1. The minimum Gasteiger partial charge on any atom is -0.326 e. The van der Waals surface area contributed by atoms with Gasteiger partial charge in [-0.2, -0.15) is 0 Å². The molecule has 1 atom stereocenters. The van der Waals surface area contributed by atoms with E-state index in [4.69, 9.17) is 0 Å². The van der Waals surface area contributed by atoms with Gasteiger partial charge in [-0.15, -0.1) is 0 Å². The van der Waals surface area contributed by atoms with Crippen LogP contribution in [0, 0.1) is 18.7 Å². The number of hydrogen-bond donors (Lipinski definition) is 1. The summed E-state index contributed by atoms with van der Waals surface area (Å²) in [4.78, 5) is 11.9. The van der Waals surface area contributed by atoms with Crippen LogP contribution in [-0.4, -0.2) is 5.91 Å². The van der Waals surface area contributed by atoms with Gasteiger partial charge in [-0.25, -0.2) is 4.39 Å². The van der Waals surface area contributed by atoms with Crippen LogP contribution in [0.3, 0.4) is 0 Å². The molecule has 0 saturated heterocycles. The number of amides is 1. The predicted molar refractivity (Wildman–Crippen MR) is 66.2 cm³/mol. The van der Waals surface area contributed by atoms with Gasteiger partial charge in [0.2, 0.25) is 5.91 Å². The van der Waals surface area contributed by atoms with E-state index in [-0.39, 0.29) is 17.6 Å². The van der Waals surface area contributed by atoms with Crippen molar-refractivity contribution in [3.8, 4) is 0 Å². The SMILES string of the molecule is Cc1ccc(NC(=O)C2CC=CCC2)cc1F. The van der Waals surface area contributed by atoms with E-state index < -0.39 is 0 Å². The van der Waals surface area contributed by atoms with E-state index in [9.17, 15) is 9.18 Å². The van der Waals surface area contributed by atoms with Crippen molar-refractivity contribution in [1.82, 2.24) is 0 Å². The third-order valence-electron chi connectivity index (χ3n) is 3.08. The number of hydrogen-bond acceptors (Lipinski definition) is 1. The van der Waals surface area contributed by atoms with Gasteiger partial charge in [-0.05, 0) is 43.9 Å². The van der Waals surface area contributed by atoms with E-state index in [1.165, 1.54) is 6.07 Å². The first kappa shape index (κ1) is 11.8. The van der Waals surface area contributed by atoms with E-state index in [0.717, 1.165) is 19.3 Å². The Morgan fingerprint density at radius 1 is 1.41 bits per heavy atom. The number of benzene rings is 1. The zero-order chi connectivity index (χ0) is 12.3. The second-order valence-corrected chi connectivity index (χ2v) is 4.43. The first-order chi connectivity index (χ1) is 8.16. The highest BCUT2D eigenvalue weighted by atomic mass is 19.1. The van der Waals surface area contributed by atoms with Crippen molar-refractivity contribution in [2.45, 2.75) is 26.2 Å². The number of nitrogens with one attached hydrogen (secondary N) is 1. The summed E-state index contributed by atoms with van der Waals surface area (Å²) >= 11 is 0. The Kier molecular flexibility index (Phi) is 3.57. The summed E-state index contributed by atoms with van der Waals surface area (Å²) in [6.45, 7) is 1.70. The molecule has 1 aromatic rings. The van der Waals surface area contributed by atoms with Crippen LogP contribution in [-0.2, 0) is 4.79 Å². The Bertz CT molecular complexity index is 454. The lowest BCUT2D eigenvalue weighted by Gasteiger charge is -2.17. The van der Waals surface area contributed by atoms with Crippen molar-refractivity contribution in [3.63, 3.8) is 0 Å². The Hall–Kier alpha value is -1.64.